The highest BCUT2D eigenvalue weighted by atomic mass is 35.5. The average Bonchev–Trinajstić information content (AvgIpc) is 3.17. The fourth-order valence-electron chi connectivity index (χ4n) is 3.36. The van der Waals surface area contributed by atoms with Crippen LogP contribution < -0.4 is 16.0 Å². The van der Waals surface area contributed by atoms with Crippen molar-refractivity contribution in [3.8, 4) is 5.69 Å². The summed E-state index contributed by atoms with van der Waals surface area (Å²) in [6.07, 6.45) is 3.99. The summed E-state index contributed by atoms with van der Waals surface area (Å²) in [7, 11) is 0. The zero-order chi connectivity index (χ0) is 19.0. The molecular formula is C17H17ClN6O3. The topological polar surface area (TPSA) is 118 Å². The van der Waals surface area contributed by atoms with E-state index >= 15 is 0 Å². The highest BCUT2D eigenvalue weighted by Gasteiger charge is 2.53. The van der Waals surface area contributed by atoms with Gasteiger partial charge in [0.1, 0.15) is 5.54 Å². The molecule has 1 saturated heterocycles. The second-order valence-electron chi connectivity index (χ2n) is 6.69. The van der Waals surface area contributed by atoms with E-state index in [4.69, 9.17) is 11.6 Å². The summed E-state index contributed by atoms with van der Waals surface area (Å²) in [5, 5.41) is 16.4. The largest absolute Gasteiger partial charge is 0.348 e. The number of imide groups is 1. The zero-order valence-electron chi connectivity index (χ0n) is 14.2. The van der Waals surface area contributed by atoms with Crippen molar-refractivity contribution in [2.24, 2.45) is 5.92 Å². The van der Waals surface area contributed by atoms with Crippen LogP contribution in [-0.2, 0) is 4.79 Å². The number of carbonyl (C=O) groups is 3. The van der Waals surface area contributed by atoms with Gasteiger partial charge in [0.2, 0.25) is 0 Å². The molecule has 2 heterocycles. The van der Waals surface area contributed by atoms with Gasteiger partial charge in [0.05, 0.1) is 18.4 Å². The maximum Gasteiger partial charge on any atom is 0.322 e. The Morgan fingerprint density at radius 1 is 1.37 bits per heavy atom. The molecular weight excluding hydrogens is 372 g/mol. The van der Waals surface area contributed by atoms with Crippen LogP contribution in [0.1, 0.15) is 29.8 Å². The van der Waals surface area contributed by atoms with Gasteiger partial charge < -0.3 is 10.6 Å². The lowest BCUT2D eigenvalue weighted by Gasteiger charge is -2.40. The third kappa shape index (κ3) is 3.14. The summed E-state index contributed by atoms with van der Waals surface area (Å²) in [6, 6.07) is 6.38. The molecule has 1 aromatic carbocycles. The molecule has 2 aromatic rings. The SMILES string of the molecule is O=C1NC(=O)C(CNC(=O)c2cnn(-c3cccc(Cl)c3)n2)(C2CCC2)N1. The first-order chi connectivity index (χ1) is 13.0. The van der Waals surface area contributed by atoms with Gasteiger partial charge in [-0.25, -0.2) is 4.79 Å². The van der Waals surface area contributed by atoms with Crippen LogP contribution in [0.25, 0.3) is 5.69 Å². The number of hydrogen-bond donors (Lipinski definition) is 3. The van der Waals surface area contributed by atoms with Crippen molar-refractivity contribution >= 4 is 29.4 Å². The number of nitrogens with one attached hydrogen (secondary N) is 3. The van der Waals surface area contributed by atoms with E-state index in [9.17, 15) is 14.4 Å². The third-order valence-electron chi connectivity index (χ3n) is 5.06. The molecule has 1 aromatic heterocycles. The van der Waals surface area contributed by atoms with Crippen LogP contribution in [0.4, 0.5) is 4.79 Å². The number of carbonyl (C=O) groups excluding carboxylic acids is 3. The van der Waals surface area contributed by atoms with Gasteiger partial charge in [0.15, 0.2) is 5.69 Å². The number of aromatic nitrogens is 3. The van der Waals surface area contributed by atoms with Crippen LogP contribution in [0.2, 0.25) is 5.02 Å². The Bertz CT molecular complexity index is 925. The predicted octanol–water partition coefficient (Wildman–Crippen LogP) is 1.03. The Labute approximate surface area is 159 Å². The molecule has 1 unspecified atom stereocenters. The van der Waals surface area contributed by atoms with Crippen molar-refractivity contribution in [1.82, 2.24) is 30.9 Å². The number of nitrogens with zero attached hydrogens (tertiary/aromatic N) is 3. The molecule has 0 radical (unpaired) electrons. The summed E-state index contributed by atoms with van der Waals surface area (Å²) in [4.78, 5) is 37.7. The van der Waals surface area contributed by atoms with E-state index in [1.54, 1.807) is 24.3 Å². The maximum atomic E-state index is 12.5. The third-order valence-corrected chi connectivity index (χ3v) is 5.30. The summed E-state index contributed by atoms with van der Waals surface area (Å²) < 4.78 is 0. The Hall–Kier alpha value is -2.94. The predicted molar refractivity (Wildman–Crippen MR) is 95.4 cm³/mol. The van der Waals surface area contributed by atoms with Crippen molar-refractivity contribution < 1.29 is 14.4 Å². The quantitative estimate of drug-likeness (QED) is 0.661. The van der Waals surface area contributed by atoms with E-state index < -0.39 is 23.4 Å². The Balaban J connectivity index is 1.48. The smallest absolute Gasteiger partial charge is 0.322 e. The van der Waals surface area contributed by atoms with Gasteiger partial charge in [-0.1, -0.05) is 24.1 Å². The van der Waals surface area contributed by atoms with Crippen LogP contribution in [-0.4, -0.2) is 44.9 Å². The van der Waals surface area contributed by atoms with E-state index in [2.05, 4.69) is 26.1 Å². The first kappa shape index (κ1) is 17.5. The van der Waals surface area contributed by atoms with Crippen molar-refractivity contribution in [3.05, 3.63) is 41.2 Å². The first-order valence-corrected chi connectivity index (χ1v) is 8.96. The van der Waals surface area contributed by atoms with Gasteiger partial charge in [0.25, 0.3) is 11.8 Å². The maximum absolute atomic E-state index is 12.5. The molecule has 140 valence electrons. The number of urea groups is 1. The van der Waals surface area contributed by atoms with Crippen LogP contribution in [0.3, 0.4) is 0 Å². The lowest BCUT2D eigenvalue weighted by molar-refractivity contribution is -0.126. The fourth-order valence-corrected chi connectivity index (χ4v) is 3.55. The van der Waals surface area contributed by atoms with Crippen LogP contribution >= 0.6 is 11.6 Å². The molecule has 9 nitrogen and oxygen atoms in total. The Morgan fingerprint density at radius 3 is 2.81 bits per heavy atom. The molecule has 27 heavy (non-hydrogen) atoms. The molecule has 0 bridgehead atoms. The van der Waals surface area contributed by atoms with E-state index in [0.717, 1.165) is 19.3 Å². The minimum Gasteiger partial charge on any atom is -0.348 e. The zero-order valence-corrected chi connectivity index (χ0v) is 15.0. The van der Waals surface area contributed by atoms with Crippen molar-refractivity contribution in [3.63, 3.8) is 0 Å². The molecule has 1 aliphatic heterocycles. The van der Waals surface area contributed by atoms with Crippen molar-refractivity contribution in [2.45, 2.75) is 24.8 Å². The molecule has 0 spiro atoms. The minimum atomic E-state index is -1.10. The Morgan fingerprint density at radius 2 is 2.19 bits per heavy atom. The number of rotatable bonds is 5. The Kier molecular flexibility index (Phi) is 4.31. The molecule has 1 atom stereocenters. The second kappa shape index (κ2) is 6.66. The summed E-state index contributed by atoms with van der Waals surface area (Å²) in [5.41, 5.74) is -0.383. The van der Waals surface area contributed by atoms with Crippen molar-refractivity contribution in [1.29, 1.82) is 0 Å². The van der Waals surface area contributed by atoms with Crippen molar-refractivity contribution in [2.75, 3.05) is 6.54 Å². The molecule has 4 rings (SSSR count). The van der Waals surface area contributed by atoms with Gasteiger partial charge in [-0.3, -0.25) is 14.9 Å². The van der Waals surface area contributed by atoms with Crippen LogP contribution in [0.5, 0.6) is 0 Å². The van der Waals surface area contributed by atoms with E-state index in [0.29, 0.717) is 10.7 Å². The molecule has 1 aliphatic carbocycles. The van der Waals surface area contributed by atoms with E-state index in [1.165, 1.54) is 11.0 Å². The summed E-state index contributed by atoms with van der Waals surface area (Å²) in [6.45, 7) is -0.00189. The summed E-state index contributed by atoms with van der Waals surface area (Å²) in [5.74, 6) is -0.873. The van der Waals surface area contributed by atoms with E-state index in [-0.39, 0.29) is 18.2 Å². The minimum absolute atomic E-state index is 0.00189. The monoisotopic (exact) mass is 388 g/mol. The van der Waals surface area contributed by atoms with Gasteiger partial charge >= 0.3 is 6.03 Å². The number of hydrogen-bond acceptors (Lipinski definition) is 5. The lowest BCUT2D eigenvalue weighted by Crippen LogP contribution is -2.61. The molecule has 2 fully saturated rings. The number of halogens is 1. The fraction of sp³-hybridized carbons (Fsp3) is 0.353. The van der Waals surface area contributed by atoms with Crippen LogP contribution in [0.15, 0.2) is 30.5 Å². The second-order valence-corrected chi connectivity index (χ2v) is 7.13. The number of amides is 4. The lowest BCUT2D eigenvalue weighted by atomic mass is 9.70. The van der Waals surface area contributed by atoms with Gasteiger partial charge in [-0.05, 0) is 37.0 Å². The normalized spacial score (nSPS) is 22.1. The standard InChI is InChI=1S/C17H17ClN6O3/c18-11-5-2-6-12(7-11)24-20-8-13(23-24)14(25)19-9-17(10-3-1-4-10)15(26)21-16(27)22-17/h2,5-8,10H,1,3-4,9H2,(H,19,25)(H2,21,22,26,27). The first-order valence-electron chi connectivity index (χ1n) is 8.58. The summed E-state index contributed by atoms with van der Waals surface area (Å²) >= 11 is 5.96. The molecule has 2 aliphatic rings. The van der Waals surface area contributed by atoms with Gasteiger partial charge in [-0.15, -0.1) is 5.10 Å². The van der Waals surface area contributed by atoms with Gasteiger partial charge in [0, 0.05) is 5.02 Å². The van der Waals surface area contributed by atoms with Crippen LogP contribution in [0, 0.1) is 5.92 Å². The van der Waals surface area contributed by atoms with E-state index in [1.807, 2.05) is 0 Å². The molecule has 4 amide bonds. The molecule has 10 heteroatoms. The van der Waals surface area contributed by atoms with Gasteiger partial charge in [-0.2, -0.15) is 9.90 Å². The number of benzene rings is 1. The highest BCUT2D eigenvalue weighted by Crippen LogP contribution is 2.37. The molecule has 1 saturated carbocycles. The molecule has 3 N–H and O–H groups in total. The highest BCUT2D eigenvalue weighted by molar-refractivity contribution is 6.30. The average molecular weight is 389 g/mol.